The number of rotatable bonds is 5. The fourth-order valence-electron chi connectivity index (χ4n) is 2.45. The first-order chi connectivity index (χ1) is 11.2. The predicted molar refractivity (Wildman–Crippen MR) is 88.1 cm³/mol. The van der Waals surface area contributed by atoms with Crippen LogP contribution in [0.5, 0.6) is 11.5 Å². The zero-order valence-electron chi connectivity index (χ0n) is 12.9. The van der Waals surface area contributed by atoms with Crippen LogP contribution in [0, 0.1) is 0 Å². The highest BCUT2D eigenvalue weighted by molar-refractivity contribution is 5.77. The van der Waals surface area contributed by atoms with Gasteiger partial charge in [0.05, 0.1) is 14.2 Å². The smallest absolute Gasteiger partial charge is 0.185 e. The fourth-order valence-corrected chi connectivity index (χ4v) is 2.45. The van der Waals surface area contributed by atoms with E-state index in [0.29, 0.717) is 17.8 Å². The fraction of sp³-hybridized carbons (Fsp3) is 0.105. The number of benzene rings is 2. The Balaban J connectivity index is 2.04. The molecule has 3 aromatic rings. The van der Waals surface area contributed by atoms with Gasteiger partial charge in [0.25, 0.3) is 0 Å². The van der Waals surface area contributed by atoms with Crippen molar-refractivity contribution in [2.24, 2.45) is 0 Å². The molecule has 0 amide bonds. The van der Waals surface area contributed by atoms with Gasteiger partial charge in [-0.25, -0.2) is 0 Å². The number of hydrogen-bond donors (Lipinski definition) is 0. The largest absolute Gasteiger partial charge is 0.497 e. The Kier molecular flexibility index (Phi) is 4.15. The molecule has 0 saturated heterocycles. The molecule has 2 aromatic carbocycles. The average molecular weight is 308 g/mol. The summed E-state index contributed by atoms with van der Waals surface area (Å²) in [5.41, 5.74) is 2.84. The van der Waals surface area contributed by atoms with Gasteiger partial charge >= 0.3 is 0 Å². The second kappa shape index (κ2) is 6.40. The van der Waals surface area contributed by atoms with Gasteiger partial charge in [-0.1, -0.05) is 18.2 Å². The van der Waals surface area contributed by atoms with Crippen LogP contribution < -0.4 is 9.47 Å². The predicted octanol–water partition coefficient (Wildman–Crippen LogP) is 4.44. The summed E-state index contributed by atoms with van der Waals surface area (Å²) in [6.45, 7) is 0. The van der Waals surface area contributed by atoms with Crippen LogP contribution >= 0.6 is 0 Å². The SMILES string of the molecule is COc1ccc(-c2cccc(-c3ccc(C=O)o3)c2)c(OC)c1. The summed E-state index contributed by atoms with van der Waals surface area (Å²) in [4.78, 5) is 10.8. The maximum Gasteiger partial charge on any atom is 0.185 e. The van der Waals surface area contributed by atoms with Crippen LogP contribution in [0.15, 0.2) is 59.0 Å². The highest BCUT2D eigenvalue weighted by atomic mass is 16.5. The van der Waals surface area contributed by atoms with Gasteiger partial charge in [0.1, 0.15) is 17.3 Å². The van der Waals surface area contributed by atoms with Crippen molar-refractivity contribution in [1.82, 2.24) is 0 Å². The molecular formula is C19H16O4. The summed E-state index contributed by atoms with van der Waals surface area (Å²) in [6, 6.07) is 17.0. The number of carbonyl (C=O) groups is 1. The summed E-state index contributed by atoms with van der Waals surface area (Å²) < 4.78 is 16.2. The second-order valence-corrected chi connectivity index (χ2v) is 4.97. The zero-order valence-corrected chi connectivity index (χ0v) is 12.9. The summed E-state index contributed by atoms with van der Waals surface area (Å²) in [7, 11) is 3.25. The average Bonchev–Trinajstić information content (AvgIpc) is 3.10. The van der Waals surface area contributed by atoms with Gasteiger partial charge in [-0.15, -0.1) is 0 Å². The van der Waals surface area contributed by atoms with Crippen molar-refractivity contribution in [3.05, 3.63) is 60.4 Å². The Labute approximate surface area is 134 Å². The van der Waals surface area contributed by atoms with Crippen molar-refractivity contribution in [2.75, 3.05) is 14.2 Å². The molecule has 116 valence electrons. The summed E-state index contributed by atoms with van der Waals surface area (Å²) in [6.07, 6.45) is 0.694. The molecule has 23 heavy (non-hydrogen) atoms. The molecule has 0 radical (unpaired) electrons. The van der Waals surface area contributed by atoms with Crippen LogP contribution in [-0.2, 0) is 0 Å². The number of carbonyl (C=O) groups excluding carboxylic acids is 1. The van der Waals surface area contributed by atoms with E-state index in [1.54, 1.807) is 26.4 Å². The molecule has 0 spiro atoms. The zero-order chi connectivity index (χ0) is 16.2. The molecule has 0 bridgehead atoms. The lowest BCUT2D eigenvalue weighted by Gasteiger charge is -2.11. The molecule has 0 N–H and O–H groups in total. The third kappa shape index (κ3) is 2.97. The minimum absolute atomic E-state index is 0.312. The van der Waals surface area contributed by atoms with Gasteiger partial charge in [0.2, 0.25) is 0 Å². The standard InChI is InChI=1S/C19H16O4/c1-21-15-6-8-17(19(11-15)22-2)13-4-3-5-14(10-13)18-9-7-16(12-20)23-18/h3-12H,1-2H3. The maximum atomic E-state index is 10.8. The van der Waals surface area contributed by atoms with E-state index < -0.39 is 0 Å². The van der Waals surface area contributed by atoms with Crippen molar-refractivity contribution in [3.8, 4) is 33.9 Å². The topological polar surface area (TPSA) is 48.7 Å². The molecule has 3 rings (SSSR count). The van der Waals surface area contributed by atoms with E-state index in [9.17, 15) is 4.79 Å². The van der Waals surface area contributed by atoms with E-state index in [1.807, 2.05) is 42.5 Å². The Morgan fingerprint density at radius 3 is 2.43 bits per heavy atom. The van der Waals surface area contributed by atoms with Gasteiger partial charge in [0, 0.05) is 17.2 Å². The second-order valence-electron chi connectivity index (χ2n) is 4.97. The maximum absolute atomic E-state index is 10.8. The van der Waals surface area contributed by atoms with E-state index in [-0.39, 0.29) is 0 Å². The van der Waals surface area contributed by atoms with Gasteiger partial charge in [-0.2, -0.15) is 0 Å². The van der Waals surface area contributed by atoms with E-state index in [1.165, 1.54) is 0 Å². The Morgan fingerprint density at radius 2 is 1.74 bits per heavy atom. The minimum atomic E-state index is 0.312. The number of aldehydes is 1. The van der Waals surface area contributed by atoms with Crippen LogP contribution in [0.1, 0.15) is 10.6 Å². The van der Waals surface area contributed by atoms with E-state index in [2.05, 4.69) is 0 Å². The summed E-state index contributed by atoms with van der Waals surface area (Å²) >= 11 is 0. The minimum Gasteiger partial charge on any atom is -0.497 e. The van der Waals surface area contributed by atoms with Crippen LogP contribution in [0.3, 0.4) is 0 Å². The third-order valence-electron chi connectivity index (χ3n) is 3.61. The number of methoxy groups -OCH3 is 2. The van der Waals surface area contributed by atoms with Crippen molar-refractivity contribution in [1.29, 1.82) is 0 Å². The molecule has 0 atom stereocenters. The lowest BCUT2D eigenvalue weighted by molar-refractivity contribution is 0.110. The first-order valence-corrected chi connectivity index (χ1v) is 7.13. The summed E-state index contributed by atoms with van der Waals surface area (Å²) in [5.74, 6) is 2.44. The van der Waals surface area contributed by atoms with Gasteiger partial charge in [0.15, 0.2) is 12.0 Å². The lowest BCUT2D eigenvalue weighted by Crippen LogP contribution is -1.90. The first kappa shape index (κ1) is 14.9. The monoisotopic (exact) mass is 308 g/mol. The Morgan fingerprint density at radius 1 is 0.913 bits per heavy atom. The highest BCUT2D eigenvalue weighted by Crippen LogP contribution is 2.35. The summed E-state index contributed by atoms with van der Waals surface area (Å²) in [5, 5.41) is 0. The molecule has 1 heterocycles. The van der Waals surface area contributed by atoms with Crippen molar-refractivity contribution in [2.45, 2.75) is 0 Å². The molecule has 0 aliphatic carbocycles. The van der Waals surface area contributed by atoms with Crippen molar-refractivity contribution in [3.63, 3.8) is 0 Å². The van der Waals surface area contributed by atoms with E-state index >= 15 is 0 Å². The number of hydrogen-bond acceptors (Lipinski definition) is 4. The van der Waals surface area contributed by atoms with Crippen LogP contribution in [0.2, 0.25) is 0 Å². The van der Waals surface area contributed by atoms with Crippen LogP contribution in [0.4, 0.5) is 0 Å². The molecular weight excluding hydrogens is 292 g/mol. The van der Waals surface area contributed by atoms with Gasteiger partial charge in [-0.3, -0.25) is 4.79 Å². The van der Waals surface area contributed by atoms with E-state index in [4.69, 9.17) is 13.9 Å². The number of ether oxygens (including phenoxy) is 2. The molecule has 1 aromatic heterocycles. The van der Waals surface area contributed by atoms with Crippen molar-refractivity contribution >= 4 is 6.29 Å². The van der Waals surface area contributed by atoms with E-state index in [0.717, 1.165) is 28.2 Å². The third-order valence-corrected chi connectivity index (χ3v) is 3.61. The molecule has 0 aliphatic rings. The molecule has 0 saturated carbocycles. The van der Waals surface area contributed by atoms with Gasteiger partial charge < -0.3 is 13.9 Å². The lowest BCUT2D eigenvalue weighted by atomic mass is 10.0. The van der Waals surface area contributed by atoms with Gasteiger partial charge in [-0.05, 0) is 35.9 Å². The quantitative estimate of drug-likeness (QED) is 0.654. The number of furan rings is 1. The first-order valence-electron chi connectivity index (χ1n) is 7.13. The molecule has 4 heteroatoms. The van der Waals surface area contributed by atoms with Crippen LogP contribution in [-0.4, -0.2) is 20.5 Å². The highest BCUT2D eigenvalue weighted by Gasteiger charge is 2.10. The molecule has 0 aliphatic heterocycles. The molecule has 4 nitrogen and oxygen atoms in total. The Bertz CT molecular complexity index is 833. The normalized spacial score (nSPS) is 10.3. The Hall–Kier alpha value is -3.01. The van der Waals surface area contributed by atoms with Crippen LogP contribution in [0.25, 0.3) is 22.5 Å². The molecule has 0 unspecified atom stereocenters. The molecule has 0 fully saturated rings. The van der Waals surface area contributed by atoms with Crippen molar-refractivity contribution < 1.29 is 18.7 Å².